The lowest BCUT2D eigenvalue weighted by Crippen LogP contribution is -2.51. The Kier molecular flexibility index (Phi) is 8.33. The summed E-state index contributed by atoms with van der Waals surface area (Å²) in [5.41, 5.74) is 4.53. The van der Waals surface area contributed by atoms with Crippen molar-refractivity contribution in [3.05, 3.63) is 59.7 Å². The number of benzene rings is 2. The van der Waals surface area contributed by atoms with Crippen molar-refractivity contribution in [1.29, 1.82) is 0 Å². The standard InChI is InChI=1S/C22H26N6O5/c23-25-14-24-18-3-1-2-16(13-18)20(29)26-17-6-4-15(5-7-17)12-19(21(30)31)27-22(32)28-8-10-33-11-9-28/h1-7,13-14,19H,8-12,23H2,(H,24,25)(H,26,29)(H,27,32)(H,30,31). The number of hydrogen-bond donors (Lipinski definition) is 5. The first-order chi connectivity index (χ1) is 16.0. The number of ether oxygens (including phenoxy) is 1. The lowest BCUT2D eigenvalue weighted by Gasteiger charge is -2.28. The van der Waals surface area contributed by atoms with Crippen LogP contribution in [0.5, 0.6) is 0 Å². The average Bonchev–Trinajstić information content (AvgIpc) is 2.84. The molecule has 0 bridgehead atoms. The Balaban J connectivity index is 1.59. The number of amides is 3. The number of aliphatic carboxylic acids is 1. The van der Waals surface area contributed by atoms with Gasteiger partial charge in [-0.25, -0.2) is 20.4 Å². The normalized spacial score (nSPS) is 14.5. The number of aliphatic imine (C=N–C) groups is 1. The van der Waals surface area contributed by atoms with E-state index < -0.39 is 18.0 Å². The van der Waals surface area contributed by atoms with Crippen LogP contribution in [0.15, 0.2) is 53.5 Å². The second kappa shape index (κ2) is 11.6. The van der Waals surface area contributed by atoms with Crippen LogP contribution in [0, 0.1) is 0 Å². The van der Waals surface area contributed by atoms with Crippen LogP contribution in [0.3, 0.4) is 0 Å². The molecule has 0 aliphatic carbocycles. The van der Waals surface area contributed by atoms with Crippen LogP contribution in [0.1, 0.15) is 15.9 Å². The van der Waals surface area contributed by atoms with Gasteiger partial charge in [0.05, 0.1) is 18.9 Å². The quantitative estimate of drug-likeness (QED) is 0.173. The van der Waals surface area contributed by atoms with Gasteiger partial charge in [-0.15, -0.1) is 0 Å². The van der Waals surface area contributed by atoms with Crippen LogP contribution in [0.4, 0.5) is 16.2 Å². The highest BCUT2D eigenvalue weighted by Gasteiger charge is 2.24. The zero-order valence-corrected chi connectivity index (χ0v) is 17.9. The van der Waals surface area contributed by atoms with Gasteiger partial charge in [0.25, 0.3) is 5.91 Å². The van der Waals surface area contributed by atoms with Gasteiger partial charge < -0.3 is 30.8 Å². The van der Waals surface area contributed by atoms with Gasteiger partial charge in [0.1, 0.15) is 12.4 Å². The minimum atomic E-state index is -1.12. The maximum Gasteiger partial charge on any atom is 0.326 e. The smallest absolute Gasteiger partial charge is 0.326 e. The molecule has 11 heteroatoms. The van der Waals surface area contributed by atoms with Gasteiger partial charge in [-0.1, -0.05) is 18.2 Å². The summed E-state index contributed by atoms with van der Waals surface area (Å²) in [5.74, 6) is 3.71. The number of nitrogens with one attached hydrogen (secondary N) is 3. The molecule has 11 nitrogen and oxygen atoms in total. The van der Waals surface area contributed by atoms with E-state index >= 15 is 0 Å². The minimum absolute atomic E-state index is 0.106. The molecule has 1 unspecified atom stereocenters. The summed E-state index contributed by atoms with van der Waals surface area (Å²) in [6.07, 6.45) is 1.42. The number of hydrazine groups is 1. The Morgan fingerprint density at radius 3 is 2.55 bits per heavy atom. The predicted molar refractivity (Wildman–Crippen MR) is 122 cm³/mol. The molecule has 174 valence electrons. The molecule has 1 aliphatic rings. The molecule has 2 aromatic rings. The number of morpholine rings is 1. The molecule has 1 aliphatic heterocycles. The van der Waals surface area contributed by atoms with E-state index in [1.54, 1.807) is 48.5 Å². The van der Waals surface area contributed by atoms with Crippen molar-refractivity contribution >= 4 is 35.6 Å². The van der Waals surface area contributed by atoms with Crippen molar-refractivity contribution in [2.24, 2.45) is 10.8 Å². The summed E-state index contributed by atoms with van der Waals surface area (Å²) >= 11 is 0. The summed E-state index contributed by atoms with van der Waals surface area (Å²) in [4.78, 5) is 42.1. The second-order valence-electron chi connectivity index (χ2n) is 7.27. The molecular weight excluding hydrogens is 428 g/mol. The number of carboxylic acid groups (broad SMARTS) is 1. The van der Waals surface area contributed by atoms with E-state index in [4.69, 9.17) is 10.6 Å². The number of anilines is 1. The zero-order valence-electron chi connectivity index (χ0n) is 17.9. The summed E-state index contributed by atoms with van der Waals surface area (Å²) in [7, 11) is 0. The van der Waals surface area contributed by atoms with Crippen molar-refractivity contribution in [2.75, 3.05) is 31.6 Å². The maximum absolute atomic E-state index is 12.5. The van der Waals surface area contributed by atoms with Crippen LogP contribution in [-0.4, -0.2) is 66.6 Å². The van der Waals surface area contributed by atoms with Gasteiger partial charge in [0.15, 0.2) is 0 Å². The highest BCUT2D eigenvalue weighted by molar-refractivity contribution is 6.04. The molecule has 2 aromatic carbocycles. The lowest BCUT2D eigenvalue weighted by atomic mass is 10.1. The van der Waals surface area contributed by atoms with E-state index in [1.165, 1.54) is 11.2 Å². The van der Waals surface area contributed by atoms with Crippen molar-refractivity contribution in [1.82, 2.24) is 15.6 Å². The van der Waals surface area contributed by atoms with Crippen LogP contribution < -0.4 is 21.9 Å². The molecule has 0 aromatic heterocycles. The number of urea groups is 1. The van der Waals surface area contributed by atoms with Gasteiger partial charge >= 0.3 is 12.0 Å². The average molecular weight is 454 g/mol. The molecule has 1 saturated heterocycles. The van der Waals surface area contributed by atoms with E-state index in [0.717, 1.165) is 0 Å². The van der Waals surface area contributed by atoms with E-state index in [-0.39, 0.29) is 12.3 Å². The monoisotopic (exact) mass is 454 g/mol. The van der Waals surface area contributed by atoms with E-state index in [1.807, 2.05) is 0 Å². The molecule has 6 N–H and O–H groups in total. The number of carboxylic acids is 1. The number of nitrogens with two attached hydrogens (primary N) is 1. The molecule has 1 fully saturated rings. The van der Waals surface area contributed by atoms with Gasteiger partial charge in [0, 0.05) is 30.8 Å². The van der Waals surface area contributed by atoms with Crippen molar-refractivity contribution < 1.29 is 24.2 Å². The first-order valence-corrected chi connectivity index (χ1v) is 10.3. The van der Waals surface area contributed by atoms with E-state index in [2.05, 4.69) is 21.1 Å². The summed E-state index contributed by atoms with van der Waals surface area (Å²) in [5, 5.41) is 14.9. The van der Waals surface area contributed by atoms with Gasteiger partial charge in [-0.2, -0.15) is 0 Å². The minimum Gasteiger partial charge on any atom is -0.480 e. The Labute approximate surface area is 190 Å². The van der Waals surface area contributed by atoms with Gasteiger partial charge in [-0.05, 0) is 35.9 Å². The van der Waals surface area contributed by atoms with Crippen molar-refractivity contribution in [3.8, 4) is 0 Å². The Hall–Kier alpha value is -3.96. The highest BCUT2D eigenvalue weighted by atomic mass is 16.5. The number of carbonyl (C=O) groups is 3. The number of carbonyl (C=O) groups excluding carboxylic acids is 2. The van der Waals surface area contributed by atoms with Crippen LogP contribution >= 0.6 is 0 Å². The summed E-state index contributed by atoms with van der Waals surface area (Å²) < 4.78 is 5.21. The maximum atomic E-state index is 12.5. The Morgan fingerprint density at radius 1 is 1.15 bits per heavy atom. The zero-order chi connectivity index (χ0) is 23.6. The molecule has 1 atom stereocenters. The predicted octanol–water partition coefficient (Wildman–Crippen LogP) is 1.10. The summed E-state index contributed by atoms with van der Waals surface area (Å²) in [6.45, 7) is 1.71. The molecule has 0 saturated carbocycles. The molecule has 0 spiro atoms. The van der Waals surface area contributed by atoms with E-state index in [0.29, 0.717) is 48.8 Å². The van der Waals surface area contributed by atoms with Crippen LogP contribution in [0.2, 0.25) is 0 Å². The molecular formula is C22H26N6O5. The lowest BCUT2D eigenvalue weighted by molar-refractivity contribution is -0.139. The third kappa shape index (κ3) is 7.02. The van der Waals surface area contributed by atoms with Crippen LogP contribution in [0.25, 0.3) is 0 Å². The highest BCUT2D eigenvalue weighted by Crippen LogP contribution is 2.17. The fourth-order valence-corrected chi connectivity index (χ4v) is 3.21. The topological polar surface area (TPSA) is 158 Å². The van der Waals surface area contributed by atoms with Crippen LogP contribution in [-0.2, 0) is 16.0 Å². The Morgan fingerprint density at radius 2 is 1.88 bits per heavy atom. The fourth-order valence-electron chi connectivity index (χ4n) is 3.21. The van der Waals surface area contributed by atoms with E-state index in [9.17, 15) is 19.5 Å². The van der Waals surface area contributed by atoms with Gasteiger partial charge in [-0.3, -0.25) is 4.79 Å². The Bertz CT molecular complexity index is 1000. The molecule has 1 heterocycles. The molecule has 0 radical (unpaired) electrons. The first kappa shape index (κ1) is 23.7. The molecule has 3 amide bonds. The van der Waals surface area contributed by atoms with Gasteiger partial charge in [0.2, 0.25) is 0 Å². The third-order valence-corrected chi connectivity index (χ3v) is 4.94. The second-order valence-corrected chi connectivity index (χ2v) is 7.27. The number of rotatable bonds is 8. The third-order valence-electron chi connectivity index (χ3n) is 4.94. The van der Waals surface area contributed by atoms with Crippen molar-refractivity contribution in [2.45, 2.75) is 12.5 Å². The fraction of sp³-hybridized carbons (Fsp3) is 0.273. The summed E-state index contributed by atoms with van der Waals surface area (Å²) in [6, 6.07) is 12.0. The molecule has 3 rings (SSSR count). The molecule has 33 heavy (non-hydrogen) atoms. The SMILES string of the molecule is NNC=Nc1cccc(C(=O)Nc2ccc(CC(NC(=O)N3CCOCC3)C(=O)O)cc2)c1. The number of hydrogen-bond acceptors (Lipinski definition) is 6. The largest absolute Gasteiger partial charge is 0.480 e. The number of nitrogens with zero attached hydrogens (tertiary/aromatic N) is 2. The first-order valence-electron chi connectivity index (χ1n) is 10.3. The van der Waals surface area contributed by atoms with Crippen molar-refractivity contribution in [3.63, 3.8) is 0 Å².